The predicted molar refractivity (Wildman–Crippen MR) is 114 cm³/mol. The van der Waals surface area contributed by atoms with E-state index in [-0.39, 0.29) is 13.0 Å². The molecule has 12 heteroatoms. The van der Waals surface area contributed by atoms with Crippen molar-refractivity contribution >= 4 is 29.7 Å². The Morgan fingerprint density at radius 3 is 2.30 bits per heavy atom. The first-order valence-corrected chi connectivity index (χ1v) is 10.4. The van der Waals surface area contributed by atoms with Gasteiger partial charge in [0.05, 0.1) is 19.1 Å². The van der Waals surface area contributed by atoms with Gasteiger partial charge in [0.25, 0.3) is 0 Å². The number of likely N-dealkylation sites (tertiary alicyclic amines) is 1. The molecule has 12 nitrogen and oxygen atoms in total. The molecule has 0 aromatic heterocycles. The minimum Gasteiger partial charge on any atom is -0.481 e. The zero-order valence-corrected chi connectivity index (χ0v) is 17.8. The maximum absolute atomic E-state index is 12.9. The van der Waals surface area contributed by atoms with Crippen LogP contribution in [0.5, 0.6) is 0 Å². The SMILES string of the molecule is NC(Cc1ccccc1)C(=O)N1CCCC1C(=O)NC(CC(=O)O)C(=O)NC(CO)C(=O)O. The third kappa shape index (κ3) is 7.26. The number of aliphatic hydroxyl groups excluding tert-OH is 1. The van der Waals surface area contributed by atoms with E-state index in [2.05, 4.69) is 5.32 Å². The Balaban J connectivity index is 2.07. The van der Waals surface area contributed by atoms with E-state index in [0.717, 1.165) is 5.56 Å². The van der Waals surface area contributed by atoms with Crippen LogP contribution in [0.4, 0.5) is 0 Å². The summed E-state index contributed by atoms with van der Waals surface area (Å²) in [7, 11) is 0. The molecule has 1 fully saturated rings. The number of carboxylic acids is 2. The number of carbonyl (C=O) groups excluding carboxylic acids is 3. The first-order valence-electron chi connectivity index (χ1n) is 10.4. The van der Waals surface area contributed by atoms with E-state index < -0.39 is 66.9 Å². The summed E-state index contributed by atoms with van der Waals surface area (Å²) in [5.74, 6) is -5.20. The summed E-state index contributed by atoms with van der Waals surface area (Å²) in [4.78, 5) is 61.6. The van der Waals surface area contributed by atoms with Gasteiger partial charge in [-0.1, -0.05) is 30.3 Å². The zero-order chi connectivity index (χ0) is 24.5. The van der Waals surface area contributed by atoms with Crippen LogP contribution in [-0.4, -0.2) is 87.2 Å². The highest BCUT2D eigenvalue weighted by molar-refractivity contribution is 5.95. The lowest BCUT2D eigenvalue weighted by Crippen LogP contribution is -2.57. The van der Waals surface area contributed by atoms with E-state index in [1.165, 1.54) is 4.90 Å². The molecule has 1 heterocycles. The smallest absolute Gasteiger partial charge is 0.328 e. The van der Waals surface area contributed by atoms with Crippen molar-refractivity contribution in [1.29, 1.82) is 0 Å². The quantitative estimate of drug-likeness (QED) is 0.216. The fourth-order valence-electron chi connectivity index (χ4n) is 3.58. The van der Waals surface area contributed by atoms with E-state index in [0.29, 0.717) is 12.8 Å². The number of hydrogen-bond donors (Lipinski definition) is 6. The Morgan fingerprint density at radius 1 is 1.06 bits per heavy atom. The molecule has 180 valence electrons. The monoisotopic (exact) mass is 464 g/mol. The molecule has 1 aliphatic rings. The van der Waals surface area contributed by atoms with Crippen LogP contribution in [0.1, 0.15) is 24.8 Å². The minimum atomic E-state index is -1.66. The molecular formula is C21H28N4O8. The van der Waals surface area contributed by atoms with E-state index >= 15 is 0 Å². The molecule has 0 spiro atoms. The van der Waals surface area contributed by atoms with Gasteiger partial charge in [-0.2, -0.15) is 0 Å². The number of aliphatic hydroxyl groups is 1. The van der Waals surface area contributed by atoms with Crippen LogP contribution in [-0.2, 0) is 30.4 Å². The van der Waals surface area contributed by atoms with Gasteiger partial charge in [-0.25, -0.2) is 4.79 Å². The number of nitrogens with two attached hydrogens (primary N) is 1. The largest absolute Gasteiger partial charge is 0.481 e. The third-order valence-corrected chi connectivity index (χ3v) is 5.26. The standard InChI is InChI=1S/C21H28N4O8/c22-13(9-12-5-2-1-3-6-12)20(31)25-8-4-7-16(25)19(30)23-14(10-17(27)28)18(29)24-15(11-26)21(32)33/h1-3,5-6,13-16,26H,4,7-11,22H2,(H,23,30)(H,24,29)(H,27,28)(H,32,33). The second-order valence-electron chi connectivity index (χ2n) is 7.73. The zero-order valence-electron chi connectivity index (χ0n) is 17.8. The van der Waals surface area contributed by atoms with Crippen molar-refractivity contribution in [1.82, 2.24) is 15.5 Å². The minimum absolute atomic E-state index is 0.270. The van der Waals surface area contributed by atoms with Crippen LogP contribution in [0, 0.1) is 0 Å². The Labute approximate surface area is 189 Å². The van der Waals surface area contributed by atoms with Crippen molar-refractivity contribution in [3.8, 4) is 0 Å². The summed E-state index contributed by atoms with van der Waals surface area (Å²) in [5.41, 5.74) is 6.92. The normalized spacial score (nSPS) is 18.1. The average molecular weight is 464 g/mol. The maximum Gasteiger partial charge on any atom is 0.328 e. The maximum atomic E-state index is 12.9. The summed E-state index contributed by atoms with van der Waals surface area (Å²) in [6, 6.07) is 4.03. The van der Waals surface area contributed by atoms with Crippen LogP contribution in [0.3, 0.4) is 0 Å². The third-order valence-electron chi connectivity index (χ3n) is 5.26. The number of carboxylic acid groups (broad SMARTS) is 2. The number of rotatable bonds is 11. The van der Waals surface area contributed by atoms with Crippen LogP contribution in [0.25, 0.3) is 0 Å². The molecule has 0 radical (unpaired) electrons. The lowest BCUT2D eigenvalue weighted by atomic mass is 10.0. The van der Waals surface area contributed by atoms with E-state index in [9.17, 15) is 24.0 Å². The van der Waals surface area contributed by atoms with Crippen molar-refractivity contribution in [3.63, 3.8) is 0 Å². The number of nitrogens with zero attached hydrogens (tertiary/aromatic N) is 1. The first kappa shape index (κ1) is 25.7. The Morgan fingerprint density at radius 2 is 1.73 bits per heavy atom. The van der Waals surface area contributed by atoms with Crippen molar-refractivity contribution in [2.24, 2.45) is 5.73 Å². The molecule has 33 heavy (non-hydrogen) atoms. The van der Waals surface area contributed by atoms with Crippen molar-refractivity contribution in [2.75, 3.05) is 13.2 Å². The van der Waals surface area contributed by atoms with Crippen molar-refractivity contribution in [3.05, 3.63) is 35.9 Å². The molecule has 4 atom stereocenters. The Hall–Kier alpha value is -3.51. The van der Waals surface area contributed by atoms with Gasteiger partial charge < -0.3 is 36.6 Å². The molecule has 1 aromatic rings. The number of aliphatic carboxylic acids is 2. The highest BCUT2D eigenvalue weighted by atomic mass is 16.4. The fourth-order valence-corrected chi connectivity index (χ4v) is 3.58. The molecule has 0 saturated carbocycles. The summed E-state index contributed by atoms with van der Waals surface area (Å²) in [6.07, 6.45) is 0.268. The first-order chi connectivity index (χ1) is 15.6. The van der Waals surface area contributed by atoms with E-state index in [1.54, 1.807) is 0 Å². The molecule has 0 aliphatic carbocycles. The Bertz CT molecular complexity index is 878. The van der Waals surface area contributed by atoms with Crippen molar-refractivity contribution < 1.29 is 39.3 Å². The van der Waals surface area contributed by atoms with Gasteiger partial charge in [0, 0.05) is 6.54 Å². The lowest BCUT2D eigenvalue weighted by molar-refractivity contribution is -0.145. The topological polar surface area (TPSA) is 199 Å². The van der Waals surface area contributed by atoms with Gasteiger partial charge in [-0.3, -0.25) is 19.2 Å². The van der Waals surface area contributed by atoms with Gasteiger partial charge in [0.15, 0.2) is 0 Å². The van der Waals surface area contributed by atoms with E-state index in [4.69, 9.17) is 21.1 Å². The summed E-state index contributed by atoms with van der Waals surface area (Å²) < 4.78 is 0. The van der Waals surface area contributed by atoms with Gasteiger partial charge in [0.1, 0.15) is 18.1 Å². The highest BCUT2D eigenvalue weighted by Crippen LogP contribution is 2.19. The van der Waals surface area contributed by atoms with E-state index in [1.807, 2.05) is 35.6 Å². The van der Waals surface area contributed by atoms with Gasteiger partial charge in [-0.15, -0.1) is 0 Å². The molecule has 1 aliphatic heterocycles. The molecule has 1 aromatic carbocycles. The number of amides is 3. The average Bonchev–Trinajstić information content (AvgIpc) is 3.26. The number of hydrogen-bond acceptors (Lipinski definition) is 7. The summed E-state index contributed by atoms with van der Waals surface area (Å²) in [6.45, 7) is -0.639. The van der Waals surface area contributed by atoms with Crippen LogP contribution < -0.4 is 16.4 Å². The molecule has 4 unspecified atom stereocenters. The van der Waals surface area contributed by atoms with Crippen LogP contribution in [0.2, 0.25) is 0 Å². The molecule has 0 bridgehead atoms. The molecule has 7 N–H and O–H groups in total. The Kier molecular flexibility index (Phi) is 9.30. The second-order valence-corrected chi connectivity index (χ2v) is 7.73. The second kappa shape index (κ2) is 11.9. The van der Waals surface area contributed by atoms with Crippen LogP contribution in [0.15, 0.2) is 30.3 Å². The lowest BCUT2D eigenvalue weighted by Gasteiger charge is -2.28. The molecular weight excluding hydrogens is 436 g/mol. The predicted octanol–water partition coefficient (Wildman–Crippen LogP) is -1.93. The summed E-state index contributed by atoms with van der Waals surface area (Å²) >= 11 is 0. The number of carbonyl (C=O) groups is 5. The summed E-state index contributed by atoms with van der Waals surface area (Å²) in [5, 5.41) is 31.4. The van der Waals surface area contributed by atoms with Crippen LogP contribution >= 0.6 is 0 Å². The van der Waals surface area contributed by atoms with Crippen molar-refractivity contribution in [2.45, 2.75) is 49.9 Å². The molecule has 2 rings (SSSR count). The van der Waals surface area contributed by atoms with Gasteiger partial charge in [-0.05, 0) is 24.8 Å². The highest BCUT2D eigenvalue weighted by Gasteiger charge is 2.38. The molecule has 3 amide bonds. The fraction of sp³-hybridized carbons (Fsp3) is 0.476. The molecule has 1 saturated heterocycles. The number of nitrogens with one attached hydrogen (secondary N) is 2. The number of benzene rings is 1. The van der Waals surface area contributed by atoms with Gasteiger partial charge in [0.2, 0.25) is 17.7 Å². The van der Waals surface area contributed by atoms with Gasteiger partial charge >= 0.3 is 11.9 Å².